The number of esters is 6. The van der Waals surface area contributed by atoms with E-state index in [0.717, 1.165) is 0 Å². The summed E-state index contributed by atoms with van der Waals surface area (Å²) in [5.74, 6) is -3.89. The van der Waals surface area contributed by atoms with Crippen LogP contribution in [0.2, 0.25) is 0 Å². The molecule has 1 fully saturated rings. The van der Waals surface area contributed by atoms with Gasteiger partial charge in [-0.3, -0.25) is 14.4 Å². The molecule has 0 aromatic heterocycles. The third-order valence-electron chi connectivity index (χ3n) is 6.61. The van der Waals surface area contributed by atoms with E-state index in [1.807, 2.05) is 0 Å². The second-order valence-corrected chi connectivity index (χ2v) is 11.2. The summed E-state index contributed by atoms with van der Waals surface area (Å²) in [5.41, 5.74) is 0.843. The first kappa shape index (κ1) is 40.0. The predicted octanol–water partition coefficient (Wildman–Crippen LogP) is 4.21. The van der Waals surface area contributed by atoms with E-state index >= 15 is 0 Å². The lowest BCUT2D eigenvalue weighted by Crippen LogP contribution is -2.53. The minimum Gasteiger partial charge on any atom is -0.462 e. The highest BCUT2D eigenvalue weighted by atomic mass is 16.7. The molecule has 13 nitrogen and oxygen atoms in total. The molecule has 1 aliphatic heterocycles. The number of hydrogen-bond acceptors (Lipinski definition) is 13. The molecule has 0 N–H and O–H groups in total. The SMILES string of the molecule is C=C(C)C(=O)OCCCCC(=O)OC1OC[C@@H](OC(=O)CCCCOC(=O)C(=C)C)[C@H](OC(=O)CCCCOC(=O)C(=C)C)[C@H]1C. The number of hydrogen-bond donors (Lipinski definition) is 0. The third kappa shape index (κ3) is 16.4. The molecule has 0 aromatic carbocycles. The van der Waals surface area contributed by atoms with Crippen LogP contribution in [0.4, 0.5) is 0 Å². The van der Waals surface area contributed by atoms with Crippen molar-refractivity contribution in [2.45, 2.75) is 104 Å². The minimum absolute atomic E-state index is 0.0126. The maximum atomic E-state index is 12.7. The molecule has 0 aliphatic carbocycles. The molecular weight excluding hydrogens is 604 g/mol. The highest BCUT2D eigenvalue weighted by molar-refractivity contribution is 5.87. The van der Waals surface area contributed by atoms with Crippen LogP contribution in [0.25, 0.3) is 0 Å². The Balaban J connectivity index is 2.69. The van der Waals surface area contributed by atoms with Crippen molar-refractivity contribution in [3.8, 4) is 0 Å². The molecule has 1 rings (SSSR count). The molecular formula is C33H48O13. The van der Waals surface area contributed by atoms with Gasteiger partial charge in [-0.05, 0) is 59.3 Å². The van der Waals surface area contributed by atoms with Gasteiger partial charge >= 0.3 is 35.8 Å². The number of ether oxygens (including phenoxy) is 7. The summed E-state index contributed by atoms with van der Waals surface area (Å²) in [6.07, 6.45) is -0.457. The van der Waals surface area contributed by atoms with Gasteiger partial charge in [0.25, 0.3) is 0 Å². The molecule has 46 heavy (non-hydrogen) atoms. The highest BCUT2D eigenvalue weighted by Gasteiger charge is 2.44. The van der Waals surface area contributed by atoms with Gasteiger partial charge in [0.1, 0.15) is 6.10 Å². The maximum Gasteiger partial charge on any atom is 0.333 e. The molecule has 258 valence electrons. The van der Waals surface area contributed by atoms with E-state index in [1.165, 1.54) is 13.8 Å². The Hall–Kier alpha value is -4.00. The minimum atomic E-state index is -1.06. The lowest BCUT2D eigenvalue weighted by atomic mass is 9.96. The van der Waals surface area contributed by atoms with Crippen molar-refractivity contribution in [2.24, 2.45) is 5.92 Å². The van der Waals surface area contributed by atoms with Gasteiger partial charge in [0.2, 0.25) is 6.29 Å². The van der Waals surface area contributed by atoms with E-state index < -0.39 is 60.2 Å². The quantitative estimate of drug-likeness (QED) is 0.0749. The molecule has 1 saturated heterocycles. The summed E-state index contributed by atoms with van der Waals surface area (Å²) in [6.45, 7) is 17.0. The van der Waals surface area contributed by atoms with Gasteiger partial charge in [0.05, 0.1) is 32.3 Å². The van der Waals surface area contributed by atoms with E-state index in [4.69, 9.17) is 33.2 Å². The Labute approximate surface area is 270 Å². The highest BCUT2D eigenvalue weighted by Crippen LogP contribution is 2.28. The summed E-state index contributed by atoms with van der Waals surface area (Å²) < 4.78 is 37.6. The first-order valence-electron chi connectivity index (χ1n) is 15.4. The van der Waals surface area contributed by atoms with E-state index in [9.17, 15) is 28.8 Å². The van der Waals surface area contributed by atoms with Crippen LogP contribution in [0.5, 0.6) is 0 Å². The molecule has 1 heterocycles. The lowest BCUT2D eigenvalue weighted by molar-refractivity contribution is -0.252. The average molecular weight is 653 g/mol. The van der Waals surface area contributed by atoms with E-state index in [1.54, 1.807) is 13.8 Å². The van der Waals surface area contributed by atoms with Gasteiger partial charge in [-0.2, -0.15) is 0 Å². The van der Waals surface area contributed by atoms with Crippen molar-refractivity contribution in [1.29, 1.82) is 0 Å². The Morgan fingerprint density at radius 1 is 0.587 bits per heavy atom. The van der Waals surface area contributed by atoms with E-state index in [0.29, 0.717) is 38.5 Å². The second-order valence-electron chi connectivity index (χ2n) is 11.2. The lowest BCUT2D eigenvalue weighted by Gasteiger charge is -2.39. The first-order valence-corrected chi connectivity index (χ1v) is 15.4. The average Bonchev–Trinajstić information content (AvgIpc) is 2.99. The fourth-order valence-corrected chi connectivity index (χ4v) is 3.96. The Morgan fingerprint density at radius 3 is 1.35 bits per heavy atom. The number of carbonyl (C=O) groups is 6. The summed E-state index contributed by atoms with van der Waals surface area (Å²) in [7, 11) is 0. The van der Waals surface area contributed by atoms with Crippen LogP contribution in [-0.4, -0.2) is 80.7 Å². The maximum absolute atomic E-state index is 12.7. The predicted molar refractivity (Wildman–Crippen MR) is 164 cm³/mol. The monoisotopic (exact) mass is 652 g/mol. The molecule has 13 heteroatoms. The molecule has 0 aromatic rings. The topological polar surface area (TPSA) is 167 Å². The number of unbranched alkanes of at least 4 members (excludes halogenated alkanes) is 3. The second kappa shape index (κ2) is 21.7. The molecule has 0 spiro atoms. The fraction of sp³-hybridized carbons (Fsp3) is 0.636. The van der Waals surface area contributed by atoms with Crippen LogP contribution in [0, 0.1) is 5.92 Å². The molecule has 1 aliphatic rings. The van der Waals surface area contributed by atoms with Crippen molar-refractivity contribution in [3.05, 3.63) is 36.5 Å². The number of carbonyl (C=O) groups excluding carboxylic acids is 6. The third-order valence-corrected chi connectivity index (χ3v) is 6.61. The molecule has 0 saturated carbocycles. The van der Waals surface area contributed by atoms with Gasteiger partial charge in [0, 0.05) is 36.0 Å². The zero-order valence-corrected chi connectivity index (χ0v) is 27.4. The Morgan fingerprint density at radius 2 is 0.957 bits per heavy atom. The first-order chi connectivity index (χ1) is 21.7. The largest absolute Gasteiger partial charge is 0.462 e. The smallest absolute Gasteiger partial charge is 0.333 e. The number of rotatable bonds is 21. The standard InChI is InChI=1S/C33H48O13/c1-21(2)30(37)40-17-11-8-14-26(34)44-25-20-43-33(46-28(36)16-10-13-19-42-32(39)23(5)6)24(7)29(25)45-27(35)15-9-12-18-41-31(38)22(3)4/h24-25,29,33H,1,3,5,8-20H2,2,4,6-7H3/t24-,25-,29-,33?/m1/s1. The van der Waals surface area contributed by atoms with E-state index in [-0.39, 0.29) is 62.4 Å². The zero-order chi connectivity index (χ0) is 34.6. The normalized spacial score (nSPS) is 18.8. The van der Waals surface area contributed by atoms with Crippen LogP contribution in [0.15, 0.2) is 36.5 Å². The van der Waals surface area contributed by atoms with Crippen LogP contribution in [0.3, 0.4) is 0 Å². The van der Waals surface area contributed by atoms with Gasteiger partial charge < -0.3 is 33.2 Å². The van der Waals surface area contributed by atoms with Crippen molar-refractivity contribution >= 4 is 35.8 Å². The Bertz CT molecular complexity index is 1110. The van der Waals surface area contributed by atoms with Crippen molar-refractivity contribution in [1.82, 2.24) is 0 Å². The van der Waals surface area contributed by atoms with Crippen molar-refractivity contribution in [3.63, 3.8) is 0 Å². The summed E-state index contributed by atoms with van der Waals surface area (Å²) >= 11 is 0. The summed E-state index contributed by atoms with van der Waals surface area (Å²) in [5, 5.41) is 0. The fourth-order valence-electron chi connectivity index (χ4n) is 3.96. The summed E-state index contributed by atoms with van der Waals surface area (Å²) in [6, 6.07) is 0. The van der Waals surface area contributed by atoms with Crippen LogP contribution < -0.4 is 0 Å². The molecule has 4 atom stereocenters. The van der Waals surface area contributed by atoms with Crippen LogP contribution in [-0.2, 0) is 61.9 Å². The molecule has 0 amide bonds. The van der Waals surface area contributed by atoms with Gasteiger partial charge in [-0.1, -0.05) is 26.7 Å². The Kier molecular flexibility index (Phi) is 18.9. The van der Waals surface area contributed by atoms with Crippen LogP contribution in [0.1, 0.15) is 85.5 Å². The zero-order valence-electron chi connectivity index (χ0n) is 27.4. The molecule has 1 unspecified atom stereocenters. The van der Waals surface area contributed by atoms with Crippen LogP contribution >= 0.6 is 0 Å². The van der Waals surface area contributed by atoms with Crippen molar-refractivity contribution < 1.29 is 61.9 Å². The van der Waals surface area contributed by atoms with Gasteiger partial charge in [-0.15, -0.1) is 0 Å². The van der Waals surface area contributed by atoms with Crippen molar-refractivity contribution in [2.75, 3.05) is 26.4 Å². The molecule has 0 bridgehead atoms. The van der Waals surface area contributed by atoms with E-state index in [2.05, 4.69) is 19.7 Å². The van der Waals surface area contributed by atoms with Gasteiger partial charge in [-0.25, -0.2) is 14.4 Å². The summed E-state index contributed by atoms with van der Waals surface area (Å²) in [4.78, 5) is 72.3. The molecule has 0 radical (unpaired) electrons. The van der Waals surface area contributed by atoms with Gasteiger partial charge in [0.15, 0.2) is 6.10 Å².